The van der Waals surface area contributed by atoms with Crippen molar-refractivity contribution in [1.82, 2.24) is 16.0 Å². The lowest BCUT2D eigenvalue weighted by Gasteiger charge is -2.25. The number of nitrogens with two attached hydrogens (primary N) is 3. The van der Waals surface area contributed by atoms with Gasteiger partial charge >= 0.3 is 6.09 Å². The second-order valence-electron chi connectivity index (χ2n) is 14.6. The maximum absolute atomic E-state index is 14.3. The van der Waals surface area contributed by atoms with Crippen molar-refractivity contribution in [3.8, 4) is 5.75 Å². The summed E-state index contributed by atoms with van der Waals surface area (Å²) in [6.45, 7) is 3.88. The molecule has 0 radical (unpaired) electrons. The number of guanidine groups is 1. The Kier molecular flexibility index (Phi) is 19.9. The highest BCUT2D eigenvalue weighted by Crippen LogP contribution is 2.26. The van der Waals surface area contributed by atoms with Gasteiger partial charge in [-0.15, -0.1) is 0 Å². The predicted octanol–water partition coefficient (Wildman–Crippen LogP) is 3.87. The van der Waals surface area contributed by atoms with Crippen LogP contribution in [0.25, 0.3) is 0 Å². The molecular weight excluding hydrogens is 796 g/mol. The van der Waals surface area contributed by atoms with Crippen molar-refractivity contribution in [3.63, 3.8) is 0 Å². The highest BCUT2D eigenvalue weighted by Gasteiger charge is 2.31. The molecular formula is C42H55ClN8O9. The zero-order valence-electron chi connectivity index (χ0n) is 33.9. The first-order chi connectivity index (χ1) is 28.5. The first kappa shape index (κ1) is 48.3. The maximum atomic E-state index is 14.3. The number of primary amides is 1. The van der Waals surface area contributed by atoms with Gasteiger partial charge in [0.05, 0.1) is 12.1 Å². The molecule has 0 aliphatic carbocycles. The van der Waals surface area contributed by atoms with Crippen LogP contribution in [0.1, 0.15) is 72.8 Å². The fourth-order valence-corrected chi connectivity index (χ4v) is 6.84. The number of rotatable bonds is 25. The summed E-state index contributed by atoms with van der Waals surface area (Å²) in [5.41, 5.74) is 21.0. The van der Waals surface area contributed by atoms with Gasteiger partial charge in [0.25, 0.3) is 5.96 Å². The van der Waals surface area contributed by atoms with Crippen LogP contribution in [0, 0.1) is 35.8 Å². The molecule has 0 saturated heterocycles. The number of nitrogens with one attached hydrogen (secondary N) is 3. The van der Waals surface area contributed by atoms with E-state index in [9.17, 15) is 39.2 Å². The fraction of sp³-hybridized carbons (Fsp3) is 0.429. The van der Waals surface area contributed by atoms with Crippen molar-refractivity contribution in [2.75, 3.05) is 13.1 Å². The largest absolute Gasteiger partial charge is 0.508 e. The Labute approximate surface area is 354 Å². The topological polar surface area (TPSA) is 284 Å². The molecule has 0 aliphatic heterocycles. The Morgan fingerprint density at radius 1 is 0.850 bits per heavy atom. The molecule has 3 aromatic carbocycles. The molecule has 1 unspecified atom stereocenters. The van der Waals surface area contributed by atoms with E-state index < -0.39 is 64.4 Å². The third-order valence-corrected chi connectivity index (χ3v) is 10.3. The number of phenols is 1. The summed E-state index contributed by atoms with van der Waals surface area (Å²) in [4.78, 5) is 77.3. The highest BCUT2D eigenvalue weighted by atomic mass is 35.5. The second kappa shape index (κ2) is 24.8. The van der Waals surface area contributed by atoms with Gasteiger partial charge in [-0.1, -0.05) is 60.1 Å². The number of unbranched alkanes of at least 4 members (excludes halogenated alkanes) is 1. The standard InChI is InChI=1S/C42H55ClN8O9/c1-26-19-32(52)20-27(2)33(26)22-31(24-37(53)35(44)15-10-18-47-41(46)50-51(58)59)40(56)49-36(38(54)23-30(39(45)55)21-28-11-4-3-5-12-28)16-8-9-17-48-42(57)60-25-29-13-6-7-14-34(29)43/h3-7,11-14,19-20,30-31,35-36,52H,8-10,15-18,21-25,44H2,1-2H3,(H2,45,55)(H,48,57)(H,49,56)(H3,46,47,50)/t30-,31?,35-,36+/m1/s1. The van der Waals surface area contributed by atoms with Gasteiger partial charge in [-0.3, -0.25) is 19.2 Å². The van der Waals surface area contributed by atoms with Gasteiger partial charge in [0.2, 0.25) is 11.8 Å². The number of phenolic OH excluding ortho intramolecular Hbond substituents is 1. The Balaban J connectivity index is 1.77. The zero-order valence-corrected chi connectivity index (χ0v) is 34.6. The summed E-state index contributed by atoms with van der Waals surface area (Å²) in [6, 6.07) is 17.1. The molecule has 4 atom stereocenters. The molecule has 18 heteroatoms. The molecule has 17 nitrogen and oxygen atoms in total. The van der Waals surface area contributed by atoms with Gasteiger partial charge in [-0.05, 0) is 99.2 Å². The number of amides is 3. The molecule has 0 aliphatic rings. The lowest BCUT2D eigenvalue weighted by Crippen LogP contribution is -2.46. The van der Waals surface area contributed by atoms with E-state index in [4.69, 9.17) is 33.5 Å². The van der Waals surface area contributed by atoms with E-state index >= 15 is 0 Å². The molecule has 3 aromatic rings. The average molecular weight is 851 g/mol. The lowest BCUT2D eigenvalue weighted by molar-refractivity contribution is -0.485. The Hall–Kier alpha value is -6.07. The van der Waals surface area contributed by atoms with Crippen LogP contribution >= 0.6 is 11.6 Å². The van der Waals surface area contributed by atoms with Gasteiger partial charge in [-0.25, -0.2) is 14.9 Å². The minimum absolute atomic E-state index is 0.0243. The molecule has 3 amide bonds. The first-order valence-corrected chi connectivity index (χ1v) is 20.0. The lowest BCUT2D eigenvalue weighted by atomic mass is 9.86. The van der Waals surface area contributed by atoms with Gasteiger partial charge in [0.15, 0.2) is 10.8 Å². The number of hydrazone groups is 1. The SMILES string of the molecule is Cc1cc(O)cc(C)c1CC(CC(=O)[C@H](N)CCCN/C(N)=N\[N+](=O)[O-])C(=O)N[C@@H](CCCCNC(=O)OCc1ccccc1Cl)C(=O)C[C@@H](Cc1ccccc1)C(N)=O. The van der Waals surface area contributed by atoms with Crippen LogP contribution in [-0.2, 0) is 43.4 Å². The number of nitro groups is 1. The third kappa shape index (κ3) is 17.0. The summed E-state index contributed by atoms with van der Waals surface area (Å²) >= 11 is 6.14. The minimum Gasteiger partial charge on any atom is -0.508 e. The quantitative estimate of drug-likeness (QED) is 0.0210. The molecule has 3 rings (SSSR count). The Bertz CT molecular complexity index is 1960. The Morgan fingerprint density at radius 3 is 2.13 bits per heavy atom. The van der Waals surface area contributed by atoms with E-state index in [1.54, 1.807) is 50.2 Å². The number of halogens is 1. The third-order valence-electron chi connectivity index (χ3n) is 9.94. The smallest absolute Gasteiger partial charge is 0.407 e. The van der Waals surface area contributed by atoms with Crippen LogP contribution in [0.4, 0.5) is 4.79 Å². The number of ketones is 2. The van der Waals surface area contributed by atoms with Crippen LogP contribution in [0.15, 0.2) is 71.8 Å². The summed E-state index contributed by atoms with van der Waals surface area (Å²) < 4.78 is 5.26. The number of aromatic hydroxyl groups is 1. The van der Waals surface area contributed by atoms with Crippen LogP contribution in [0.3, 0.4) is 0 Å². The van der Waals surface area contributed by atoms with Crippen LogP contribution in [-0.4, -0.2) is 70.7 Å². The van der Waals surface area contributed by atoms with Crippen molar-refractivity contribution in [1.29, 1.82) is 0 Å². The fourth-order valence-electron chi connectivity index (χ4n) is 6.65. The molecule has 0 fully saturated rings. The number of ether oxygens (including phenoxy) is 1. The zero-order chi connectivity index (χ0) is 44.2. The van der Waals surface area contributed by atoms with E-state index in [1.165, 1.54) is 0 Å². The second-order valence-corrected chi connectivity index (χ2v) is 15.0. The summed E-state index contributed by atoms with van der Waals surface area (Å²) in [7, 11) is 0. The number of benzene rings is 3. The van der Waals surface area contributed by atoms with E-state index in [0.717, 1.165) is 11.1 Å². The van der Waals surface area contributed by atoms with Crippen molar-refractivity contribution >= 4 is 47.0 Å². The van der Waals surface area contributed by atoms with Crippen LogP contribution in [0.2, 0.25) is 5.02 Å². The van der Waals surface area contributed by atoms with E-state index in [2.05, 4.69) is 21.1 Å². The van der Waals surface area contributed by atoms with E-state index in [-0.39, 0.29) is 64.0 Å². The summed E-state index contributed by atoms with van der Waals surface area (Å²) in [5, 5.41) is 31.3. The number of Topliss-reactive ketones (excluding diaryl/α,β-unsaturated/α-hetero) is 2. The van der Waals surface area contributed by atoms with Crippen molar-refractivity contribution in [2.45, 2.75) is 90.3 Å². The van der Waals surface area contributed by atoms with Crippen molar-refractivity contribution in [3.05, 3.63) is 110 Å². The molecule has 0 saturated carbocycles. The number of nitrogens with zero attached hydrogens (tertiary/aromatic N) is 2. The monoisotopic (exact) mass is 850 g/mol. The van der Waals surface area contributed by atoms with Crippen LogP contribution < -0.4 is 33.2 Å². The van der Waals surface area contributed by atoms with Crippen molar-refractivity contribution < 1.29 is 38.8 Å². The number of alkyl carbamates (subject to hydrolysis) is 1. The van der Waals surface area contributed by atoms with E-state index in [1.807, 2.05) is 30.3 Å². The number of hydrogen-bond donors (Lipinski definition) is 7. The molecule has 10 N–H and O–H groups in total. The number of carbonyl (C=O) groups is 5. The minimum atomic E-state index is -1.08. The van der Waals surface area contributed by atoms with Crippen LogP contribution in [0.5, 0.6) is 5.75 Å². The Morgan fingerprint density at radius 2 is 1.48 bits per heavy atom. The predicted molar refractivity (Wildman–Crippen MR) is 226 cm³/mol. The molecule has 0 aromatic heterocycles. The molecule has 0 bridgehead atoms. The average Bonchev–Trinajstić information content (AvgIpc) is 3.19. The summed E-state index contributed by atoms with van der Waals surface area (Å²) in [5.74, 6) is -4.33. The maximum Gasteiger partial charge on any atom is 0.407 e. The van der Waals surface area contributed by atoms with Gasteiger partial charge in [0.1, 0.15) is 23.2 Å². The first-order valence-electron chi connectivity index (χ1n) is 19.6. The van der Waals surface area contributed by atoms with E-state index in [0.29, 0.717) is 41.0 Å². The van der Waals surface area contributed by atoms with Gasteiger partial charge < -0.3 is 43.0 Å². The molecule has 324 valence electrons. The number of hydrogen-bond acceptors (Lipinski definition) is 10. The molecule has 0 spiro atoms. The normalized spacial score (nSPS) is 13.3. The van der Waals surface area contributed by atoms with Gasteiger partial charge in [-0.2, -0.15) is 0 Å². The highest BCUT2D eigenvalue weighted by molar-refractivity contribution is 6.31. The molecule has 60 heavy (non-hydrogen) atoms. The van der Waals surface area contributed by atoms with Crippen molar-refractivity contribution in [2.24, 2.45) is 34.1 Å². The number of aryl methyl sites for hydroxylation is 2. The summed E-state index contributed by atoms with van der Waals surface area (Å²) in [6.07, 6.45) is 0.494. The molecule has 0 heterocycles. The number of carbonyl (C=O) groups excluding carboxylic acids is 5. The van der Waals surface area contributed by atoms with Gasteiger partial charge in [0, 0.05) is 48.4 Å².